The fraction of sp³-hybridized carbons (Fsp3) is 0.292. The molecule has 1 aromatic heterocycles. The van der Waals surface area contributed by atoms with Gasteiger partial charge in [-0.3, -0.25) is 24.8 Å². The van der Waals surface area contributed by atoms with Gasteiger partial charge >= 0.3 is 0 Å². The van der Waals surface area contributed by atoms with Crippen molar-refractivity contribution >= 4 is 23.4 Å². The van der Waals surface area contributed by atoms with E-state index in [-0.39, 0.29) is 24.2 Å². The van der Waals surface area contributed by atoms with Crippen molar-refractivity contribution in [2.45, 2.75) is 24.8 Å². The fourth-order valence-electron chi connectivity index (χ4n) is 4.73. The Morgan fingerprint density at radius 3 is 2.71 bits per heavy atom. The van der Waals surface area contributed by atoms with Gasteiger partial charge in [-0.05, 0) is 36.7 Å². The number of benzene rings is 2. The summed E-state index contributed by atoms with van der Waals surface area (Å²) < 4.78 is 0. The van der Waals surface area contributed by atoms with Crippen molar-refractivity contribution < 1.29 is 4.79 Å². The Kier molecular flexibility index (Phi) is 4.35. The predicted molar refractivity (Wildman–Crippen MR) is 119 cm³/mol. The molecular formula is C24H22N6O. The van der Waals surface area contributed by atoms with Crippen LogP contribution >= 0.6 is 0 Å². The van der Waals surface area contributed by atoms with Gasteiger partial charge in [0, 0.05) is 29.8 Å². The average molecular weight is 410 g/mol. The molecule has 3 aliphatic heterocycles. The molecule has 0 bridgehead atoms. The number of aliphatic imine (C=N–C) groups is 2. The summed E-state index contributed by atoms with van der Waals surface area (Å²) in [5.74, 6) is 0.499. The van der Waals surface area contributed by atoms with Crippen molar-refractivity contribution in [3.63, 3.8) is 0 Å². The topological polar surface area (TPSA) is 86.6 Å². The first-order chi connectivity index (χ1) is 15.3. The van der Waals surface area contributed by atoms with E-state index in [0.717, 1.165) is 34.9 Å². The molecule has 2 aromatic carbocycles. The molecule has 7 heteroatoms. The van der Waals surface area contributed by atoms with Crippen LogP contribution in [0.3, 0.4) is 0 Å². The van der Waals surface area contributed by atoms with Gasteiger partial charge in [-0.15, -0.1) is 0 Å². The Balaban J connectivity index is 1.44. The first-order valence-electron chi connectivity index (χ1n) is 10.7. The van der Waals surface area contributed by atoms with Crippen LogP contribution in [-0.4, -0.2) is 57.4 Å². The number of carbonyl (C=O) groups excluding carboxylic acids is 1. The summed E-state index contributed by atoms with van der Waals surface area (Å²) in [7, 11) is 0. The Hall–Kier alpha value is -3.45. The Labute approximate surface area is 180 Å². The van der Waals surface area contributed by atoms with Crippen LogP contribution in [0.25, 0.3) is 0 Å². The first-order valence-corrected chi connectivity index (χ1v) is 10.7. The Morgan fingerprint density at radius 1 is 1.10 bits per heavy atom. The number of aromatic amines is 1. The van der Waals surface area contributed by atoms with E-state index >= 15 is 0 Å². The van der Waals surface area contributed by atoms with Crippen LogP contribution < -0.4 is 0 Å². The number of H-pyrrole nitrogens is 1. The van der Waals surface area contributed by atoms with Crippen molar-refractivity contribution in [3.05, 3.63) is 76.9 Å². The van der Waals surface area contributed by atoms with Gasteiger partial charge in [0.2, 0.25) is 0 Å². The summed E-state index contributed by atoms with van der Waals surface area (Å²) >= 11 is 0. The van der Waals surface area contributed by atoms with Gasteiger partial charge in [0.25, 0.3) is 0 Å². The van der Waals surface area contributed by atoms with Gasteiger partial charge in [-0.1, -0.05) is 36.4 Å². The van der Waals surface area contributed by atoms with Crippen LogP contribution in [0, 0.1) is 0 Å². The van der Waals surface area contributed by atoms with Crippen molar-refractivity contribution in [2.75, 3.05) is 19.6 Å². The van der Waals surface area contributed by atoms with Gasteiger partial charge < -0.3 is 0 Å². The molecule has 0 spiro atoms. The smallest absolute Gasteiger partial charge is 0.184 e. The second-order valence-electron chi connectivity index (χ2n) is 8.35. The number of carbonyl (C=O) groups is 1. The van der Waals surface area contributed by atoms with E-state index in [1.165, 1.54) is 31.4 Å². The van der Waals surface area contributed by atoms with Gasteiger partial charge in [0.1, 0.15) is 18.7 Å². The van der Waals surface area contributed by atoms with E-state index in [1.807, 2.05) is 24.4 Å². The number of Topliss-reactive ketones (excluding diaryl/α,β-unsaturated/α-hetero) is 1. The van der Waals surface area contributed by atoms with E-state index in [2.05, 4.69) is 44.3 Å². The highest BCUT2D eigenvalue weighted by Crippen LogP contribution is 2.41. The molecule has 3 aromatic rings. The van der Waals surface area contributed by atoms with E-state index in [0.29, 0.717) is 5.56 Å². The van der Waals surface area contributed by atoms with Crippen LogP contribution in [0.15, 0.2) is 58.8 Å². The lowest BCUT2D eigenvalue weighted by atomic mass is 9.79. The maximum Gasteiger partial charge on any atom is 0.184 e. The van der Waals surface area contributed by atoms with Crippen LogP contribution in [0.2, 0.25) is 0 Å². The summed E-state index contributed by atoms with van der Waals surface area (Å²) in [6.45, 7) is 3.51. The molecule has 0 saturated carbocycles. The van der Waals surface area contributed by atoms with Crippen LogP contribution in [0.5, 0.6) is 0 Å². The highest BCUT2D eigenvalue weighted by molar-refractivity contribution is 6.21. The molecule has 2 unspecified atom stereocenters. The van der Waals surface area contributed by atoms with Crippen molar-refractivity contribution in [2.24, 2.45) is 9.98 Å². The first kappa shape index (κ1) is 18.3. The van der Waals surface area contributed by atoms with Crippen LogP contribution in [-0.2, 0) is 6.54 Å². The highest BCUT2D eigenvalue weighted by atomic mass is 16.1. The summed E-state index contributed by atoms with van der Waals surface area (Å²) in [6, 6.07) is 14.5. The minimum atomic E-state index is -0.192. The molecule has 7 nitrogen and oxygen atoms in total. The zero-order valence-corrected chi connectivity index (χ0v) is 17.0. The SMILES string of the molecule is O=C1CN=C2c3c(cccc31)N=CC(c1ccc(CN3CCC3)cc1)C2c1ncn[nH]1. The lowest BCUT2D eigenvalue weighted by molar-refractivity contribution is 0.1000. The monoisotopic (exact) mass is 410 g/mol. The molecule has 6 rings (SSSR count). The van der Waals surface area contributed by atoms with E-state index in [9.17, 15) is 4.79 Å². The van der Waals surface area contributed by atoms with Crippen molar-refractivity contribution in [1.82, 2.24) is 20.1 Å². The minimum Gasteiger partial charge on any atom is -0.299 e. The number of hydrogen-bond donors (Lipinski definition) is 1. The maximum absolute atomic E-state index is 12.5. The lowest BCUT2D eigenvalue weighted by Crippen LogP contribution is -2.36. The second kappa shape index (κ2) is 7.35. The number of nitrogens with zero attached hydrogens (tertiary/aromatic N) is 5. The quantitative estimate of drug-likeness (QED) is 0.715. The molecule has 31 heavy (non-hydrogen) atoms. The molecule has 1 saturated heterocycles. The van der Waals surface area contributed by atoms with Gasteiger partial charge in [-0.25, -0.2) is 4.98 Å². The largest absolute Gasteiger partial charge is 0.299 e. The third-order valence-corrected chi connectivity index (χ3v) is 6.47. The normalized spacial score (nSPS) is 22.5. The van der Waals surface area contributed by atoms with Gasteiger partial charge in [-0.2, -0.15) is 5.10 Å². The second-order valence-corrected chi connectivity index (χ2v) is 8.35. The minimum absolute atomic E-state index is 0.0286. The van der Waals surface area contributed by atoms with E-state index in [4.69, 9.17) is 9.98 Å². The molecule has 1 fully saturated rings. The predicted octanol–water partition coefficient (Wildman–Crippen LogP) is 3.28. The van der Waals surface area contributed by atoms with Crippen LogP contribution in [0.1, 0.15) is 51.1 Å². The molecule has 0 radical (unpaired) electrons. The molecule has 154 valence electrons. The third kappa shape index (κ3) is 3.13. The molecule has 0 aliphatic carbocycles. The van der Waals surface area contributed by atoms with E-state index in [1.54, 1.807) is 0 Å². The molecule has 3 aliphatic rings. The number of ketones is 1. The summed E-state index contributed by atoms with van der Waals surface area (Å²) in [6.07, 6.45) is 4.78. The molecule has 4 heterocycles. The van der Waals surface area contributed by atoms with Crippen molar-refractivity contribution in [1.29, 1.82) is 0 Å². The number of nitrogens with one attached hydrogen (secondary N) is 1. The van der Waals surface area contributed by atoms with Gasteiger partial charge in [0.05, 0.1) is 17.3 Å². The third-order valence-electron chi connectivity index (χ3n) is 6.47. The Morgan fingerprint density at radius 2 is 1.97 bits per heavy atom. The molecule has 2 atom stereocenters. The summed E-state index contributed by atoms with van der Waals surface area (Å²) in [4.78, 5) is 29.0. The summed E-state index contributed by atoms with van der Waals surface area (Å²) in [5, 5.41) is 7.13. The van der Waals surface area contributed by atoms with Crippen molar-refractivity contribution in [3.8, 4) is 0 Å². The average Bonchev–Trinajstić information content (AvgIpc) is 3.24. The Bertz CT molecular complexity index is 1190. The standard InChI is InChI=1S/C24H22N6O/c31-20-12-26-23-21-17(20)3-1-4-19(21)25-11-18(22(23)24-27-14-28-29-24)16-7-5-15(6-8-16)13-30-9-2-10-30/h1,3-8,11,14,18,22H,2,9-10,12-13H2,(H,27,28,29). The van der Waals surface area contributed by atoms with Crippen LogP contribution in [0.4, 0.5) is 5.69 Å². The number of hydrogen-bond acceptors (Lipinski definition) is 6. The number of aromatic nitrogens is 3. The number of rotatable bonds is 4. The van der Waals surface area contributed by atoms with E-state index < -0.39 is 0 Å². The zero-order chi connectivity index (χ0) is 20.8. The highest BCUT2D eigenvalue weighted by Gasteiger charge is 2.38. The summed E-state index contributed by atoms with van der Waals surface area (Å²) in [5.41, 5.74) is 5.62. The zero-order valence-electron chi connectivity index (χ0n) is 17.0. The molecular weight excluding hydrogens is 388 g/mol. The fourth-order valence-corrected chi connectivity index (χ4v) is 4.73. The molecule has 1 N–H and O–H groups in total. The number of likely N-dealkylation sites (tertiary alicyclic amines) is 1. The van der Waals surface area contributed by atoms with Gasteiger partial charge in [0.15, 0.2) is 5.78 Å². The lowest BCUT2D eigenvalue weighted by Gasteiger charge is -2.31. The molecule has 0 amide bonds. The maximum atomic E-state index is 12.5.